The summed E-state index contributed by atoms with van der Waals surface area (Å²) in [5.41, 5.74) is 0.800. The smallest absolute Gasteiger partial charge is 0.269 e. The van der Waals surface area contributed by atoms with Gasteiger partial charge in [0.05, 0.1) is 11.5 Å². The number of rotatable bonds is 7. The predicted molar refractivity (Wildman–Crippen MR) is 115 cm³/mol. The van der Waals surface area contributed by atoms with Gasteiger partial charge in [-0.2, -0.15) is 4.98 Å². The molecule has 32 heavy (non-hydrogen) atoms. The largest absolute Gasteiger partial charge is 0.484 e. The van der Waals surface area contributed by atoms with Gasteiger partial charge in [-0.25, -0.2) is 0 Å². The SMILES string of the molecule is O=C(COc1ccc([N+](=O)[O-])cc1)N1CCN(Cc2nc(-c3ccc(Cl)cc3)no2)CC1. The molecule has 2 heterocycles. The van der Waals surface area contributed by atoms with Gasteiger partial charge in [0, 0.05) is 48.9 Å². The van der Waals surface area contributed by atoms with Crippen LogP contribution in [0.5, 0.6) is 5.75 Å². The molecule has 3 aromatic rings. The third-order valence-electron chi connectivity index (χ3n) is 5.06. The summed E-state index contributed by atoms with van der Waals surface area (Å²) < 4.78 is 10.8. The molecule has 0 bridgehead atoms. The number of hydrogen-bond donors (Lipinski definition) is 0. The Morgan fingerprint density at radius 3 is 2.44 bits per heavy atom. The normalized spacial score (nSPS) is 14.3. The van der Waals surface area contributed by atoms with E-state index in [1.807, 2.05) is 12.1 Å². The fraction of sp³-hybridized carbons (Fsp3) is 0.286. The second-order valence-corrected chi connectivity index (χ2v) is 7.65. The molecular formula is C21H20ClN5O5. The van der Waals surface area contributed by atoms with Gasteiger partial charge in [-0.15, -0.1) is 0 Å². The minimum Gasteiger partial charge on any atom is -0.484 e. The van der Waals surface area contributed by atoms with E-state index in [0.29, 0.717) is 55.2 Å². The van der Waals surface area contributed by atoms with Gasteiger partial charge < -0.3 is 14.2 Å². The maximum absolute atomic E-state index is 12.4. The highest BCUT2D eigenvalue weighted by atomic mass is 35.5. The van der Waals surface area contributed by atoms with Gasteiger partial charge in [0.1, 0.15) is 5.75 Å². The summed E-state index contributed by atoms with van der Waals surface area (Å²) in [7, 11) is 0. The zero-order valence-corrected chi connectivity index (χ0v) is 17.8. The molecule has 0 radical (unpaired) electrons. The van der Waals surface area contributed by atoms with E-state index >= 15 is 0 Å². The standard InChI is InChI=1S/C21H20ClN5O5/c22-16-3-1-15(2-4-16)21-23-19(32-24-21)13-25-9-11-26(12-10-25)20(28)14-31-18-7-5-17(6-8-18)27(29)30/h1-8H,9-14H2. The monoisotopic (exact) mass is 457 g/mol. The quantitative estimate of drug-likeness (QED) is 0.392. The number of non-ortho nitro benzene ring substituents is 1. The number of carbonyl (C=O) groups excluding carboxylic acids is 1. The molecule has 0 spiro atoms. The summed E-state index contributed by atoms with van der Waals surface area (Å²) in [5.74, 6) is 1.30. The van der Waals surface area contributed by atoms with Crippen molar-refractivity contribution in [1.29, 1.82) is 0 Å². The molecule has 1 fully saturated rings. The number of aromatic nitrogens is 2. The number of piperazine rings is 1. The summed E-state index contributed by atoms with van der Waals surface area (Å²) in [6.07, 6.45) is 0. The van der Waals surface area contributed by atoms with Crippen LogP contribution in [0.2, 0.25) is 5.02 Å². The van der Waals surface area contributed by atoms with E-state index < -0.39 is 4.92 Å². The number of halogens is 1. The van der Waals surface area contributed by atoms with Crippen LogP contribution >= 0.6 is 11.6 Å². The van der Waals surface area contributed by atoms with Crippen molar-refractivity contribution in [3.05, 3.63) is 69.6 Å². The predicted octanol–water partition coefficient (Wildman–Crippen LogP) is 3.02. The number of benzene rings is 2. The topological polar surface area (TPSA) is 115 Å². The molecule has 11 heteroatoms. The summed E-state index contributed by atoms with van der Waals surface area (Å²) in [6.45, 7) is 2.83. The third-order valence-corrected chi connectivity index (χ3v) is 5.32. The second-order valence-electron chi connectivity index (χ2n) is 7.22. The Morgan fingerprint density at radius 2 is 1.78 bits per heavy atom. The molecule has 0 unspecified atom stereocenters. The second kappa shape index (κ2) is 9.75. The lowest BCUT2D eigenvalue weighted by Gasteiger charge is -2.33. The molecule has 0 N–H and O–H groups in total. The number of ether oxygens (including phenoxy) is 1. The number of hydrogen-bond acceptors (Lipinski definition) is 8. The lowest BCUT2D eigenvalue weighted by molar-refractivity contribution is -0.384. The highest BCUT2D eigenvalue weighted by molar-refractivity contribution is 6.30. The van der Waals surface area contributed by atoms with E-state index in [0.717, 1.165) is 5.56 Å². The third kappa shape index (κ3) is 5.40. The van der Waals surface area contributed by atoms with Crippen molar-refractivity contribution in [2.24, 2.45) is 0 Å². The summed E-state index contributed by atoms with van der Waals surface area (Å²) in [4.78, 5) is 30.9. The number of nitro groups is 1. The summed E-state index contributed by atoms with van der Waals surface area (Å²) in [5, 5.41) is 15.3. The lowest BCUT2D eigenvalue weighted by atomic mass is 10.2. The molecule has 1 saturated heterocycles. The van der Waals surface area contributed by atoms with Gasteiger partial charge in [-0.05, 0) is 36.4 Å². The Balaban J connectivity index is 1.23. The first-order chi connectivity index (χ1) is 15.5. The van der Waals surface area contributed by atoms with Crippen molar-refractivity contribution < 1.29 is 19.0 Å². The van der Waals surface area contributed by atoms with E-state index in [4.69, 9.17) is 20.9 Å². The first kappa shape index (κ1) is 21.7. The van der Waals surface area contributed by atoms with E-state index in [9.17, 15) is 14.9 Å². The van der Waals surface area contributed by atoms with Crippen LogP contribution in [0.4, 0.5) is 5.69 Å². The lowest BCUT2D eigenvalue weighted by Crippen LogP contribution is -2.49. The number of nitrogens with zero attached hydrogens (tertiary/aromatic N) is 5. The fourth-order valence-electron chi connectivity index (χ4n) is 3.28. The van der Waals surface area contributed by atoms with Crippen LogP contribution in [0.3, 0.4) is 0 Å². The van der Waals surface area contributed by atoms with E-state index in [1.54, 1.807) is 17.0 Å². The number of nitro benzene ring substituents is 1. The van der Waals surface area contributed by atoms with Crippen LogP contribution in [-0.2, 0) is 11.3 Å². The average molecular weight is 458 g/mol. The van der Waals surface area contributed by atoms with Crippen molar-refractivity contribution in [3.8, 4) is 17.1 Å². The zero-order chi connectivity index (χ0) is 22.5. The van der Waals surface area contributed by atoms with Crippen molar-refractivity contribution in [2.75, 3.05) is 32.8 Å². The molecule has 166 valence electrons. The first-order valence-corrected chi connectivity index (χ1v) is 10.3. The molecule has 2 aromatic carbocycles. The number of amides is 1. The van der Waals surface area contributed by atoms with Crippen LogP contribution in [0.15, 0.2) is 53.1 Å². The molecule has 1 aliphatic rings. The molecular weight excluding hydrogens is 438 g/mol. The highest BCUT2D eigenvalue weighted by Gasteiger charge is 2.23. The minimum absolute atomic E-state index is 0.0265. The van der Waals surface area contributed by atoms with Crippen LogP contribution in [-0.4, -0.2) is 63.6 Å². The zero-order valence-electron chi connectivity index (χ0n) is 17.0. The molecule has 0 atom stereocenters. The van der Waals surface area contributed by atoms with E-state index in [1.165, 1.54) is 24.3 Å². The molecule has 1 aliphatic heterocycles. The van der Waals surface area contributed by atoms with Crippen molar-refractivity contribution >= 4 is 23.2 Å². The molecule has 0 saturated carbocycles. The molecule has 1 aromatic heterocycles. The maximum Gasteiger partial charge on any atom is 0.269 e. The fourth-order valence-corrected chi connectivity index (χ4v) is 3.41. The highest BCUT2D eigenvalue weighted by Crippen LogP contribution is 2.20. The van der Waals surface area contributed by atoms with Crippen molar-refractivity contribution in [3.63, 3.8) is 0 Å². The summed E-state index contributed by atoms with van der Waals surface area (Å²) >= 11 is 5.91. The van der Waals surface area contributed by atoms with Crippen LogP contribution in [0, 0.1) is 10.1 Å². The number of carbonyl (C=O) groups is 1. The van der Waals surface area contributed by atoms with Gasteiger partial charge >= 0.3 is 0 Å². The van der Waals surface area contributed by atoms with Crippen LogP contribution < -0.4 is 4.74 Å². The van der Waals surface area contributed by atoms with E-state index in [-0.39, 0.29) is 18.2 Å². The van der Waals surface area contributed by atoms with Gasteiger partial charge in [0.15, 0.2) is 6.61 Å². The molecule has 1 amide bonds. The first-order valence-electron chi connectivity index (χ1n) is 9.94. The maximum atomic E-state index is 12.4. The van der Waals surface area contributed by atoms with Gasteiger partial charge in [0.25, 0.3) is 11.6 Å². The van der Waals surface area contributed by atoms with Gasteiger partial charge in [-0.1, -0.05) is 16.8 Å². The Kier molecular flexibility index (Phi) is 6.62. The van der Waals surface area contributed by atoms with Crippen molar-refractivity contribution in [1.82, 2.24) is 19.9 Å². The molecule has 4 rings (SSSR count). The Hall–Kier alpha value is -3.50. The van der Waals surface area contributed by atoms with Crippen LogP contribution in [0.25, 0.3) is 11.4 Å². The summed E-state index contributed by atoms with van der Waals surface area (Å²) in [6, 6.07) is 12.9. The van der Waals surface area contributed by atoms with Crippen LogP contribution in [0.1, 0.15) is 5.89 Å². The van der Waals surface area contributed by atoms with Crippen molar-refractivity contribution in [2.45, 2.75) is 6.54 Å². The Bertz CT molecular complexity index is 1080. The van der Waals surface area contributed by atoms with E-state index in [2.05, 4.69) is 15.0 Å². The minimum atomic E-state index is -0.485. The van der Waals surface area contributed by atoms with Gasteiger partial charge in [0.2, 0.25) is 11.7 Å². The Labute approximate surface area is 188 Å². The van der Waals surface area contributed by atoms with Gasteiger partial charge in [-0.3, -0.25) is 19.8 Å². The Morgan fingerprint density at radius 1 is 1.09 bits per heavy atom. The molecule has 10 nitrogen and oxygen atoms in total. The average Bonchev–Trinajstić information content (AvgIpc) is 3.27. The molecule has 0 aliphatic carbocycles.